The molecule has 0 amide bonds. The molecular weight excluding hydrogens is 332 g/mol. The molecule has 1 aliphatic rings. The average Bonchev–Trinajstić information content (AvgIpc) is 2.77. The first-order chi connectivity index (χ1) is 11.7. The van der Waals surface area contributed by atoms with E-state index in [1.54, 1.807) is 18.4 Å². The largest absolute Gasteiger partial charge is 0.497 e. The maximum absolute atomic E-state index is 5.31. The highest BCUT2D eigenvalue weighted by atomic mass is 35.5. The predicted octanol–water partition coefficient (Wildman–Crippen LogP) is 4.81. The minimum atomic E-state index is 0. The van der Waals surface area contributed by atoms with Crippen LogP contribution in [0.15, 0.2) is 30.3 Å². The maximum atomic E-state index is 5.31. The number of aryl methyl sites for hydroxylation is 1. The van der Waals surface area contributed by atoms with Gasteiger partial charge in [0.2, 0.25) is 0 Å². The molecule has 1 aliphatic carbocycles. The molecule has 0 fully saturated rings. The molecule has 3 rings (SSSR count). The molecule has 1 heterocycles. The minimum absolute atomic E-state index is 0. The van der Waals surface area contributed by atoms with E-state index < -0.39 is 0 Å². The zero-order valence-electron chi connectivity index (χ0n) is 15.8. The Hall–Kier alpha value is -1.45. The summed E-state index contributed by atoms with van der Waals surface area (Å²) in [5.74, 6) is 0.922. The SMILES string of the molecule is COc1ccc(-c2cc3c(n2CCCN(C)C)CCCCC3)cc1.Cl. The molecule has 1 aromatic carbocycles. The first kappa shape index (κ1) is 19.9. The Morgan fingerprint density at radius 1 is 1.04 bits per heavy atom. The van der Waals surface area contributed by atoms with Crippen molar-refractivity contribution in [3.05, 3.63) is 41.6 Å². The van der Waals surface area contributed by atoms with Crippen LogP contribution in [0.25, 0.3) is 11.3 Å². The Labute approximate surface area is 158 Å². The molecule has 3 nitrogen and oxygen atoms in total. The lowest BCUT2D eigenvalue weighted by atomic mass is 10.1. The number of hydrogen-bond acceptors (Lipinski definition) is 2. The summed E-state index contributed by atoms with van der Waals surface area (Å²) in [4.78, 5) is 2.27. The fourth-order valence-electron chi connectivity index (χ4n) is 3.74. The summed E-state index contributed by atoms with van der Waals surface area (Å²) in [5, 5.41) is 0. The quantitative estimate of drug-likeness (QED) is 0.686. The monoisotopic (exact) mass is 362 g/mol. The van der Waals surface area contributed by atoms with Crippen LogP contribution >= 0.6 is 12.4 Å². The fourth-order valence-corrected chi connectivity index (χ4v) is 3.74. The van der Waals surface area contributed by atoms with Gasteiger partial charge in [0, 0.05) is 17.9 Å². The Bertz CT molecular complexity index is 661. The first-order valence-electron chi connectivity index (χ1n) is 9.19. The molecule has 0 N–H and O–H groups in total. The first-order valence-corrected chi connectivity index (χ1v) is 9.19. The molecule has 0 saturated heterocycles. The number of rotatable bonds is 6. The second-order valence-corrected chi connectivity index (χ2v) is 7.10. The predicted molar refractivity (Wildman–Crippen MR) is 108 cm³/mol. The van der Waals surface area contributed by atoms with Crippen molar-refractivity contribution >= 4 is 12.4 Å². The summed E-state index contributed by atoms with van der Waals surface area (Å²) in [7, 11) is 6.03. The molecule has 0 spiro atoms. The van der Waals surface area contributed by atoms with E-state index in [9.17, 15) is 0 Å². The third-order valence-electron chi connectivity index (χ3n) is 5.03. The van der Waals surface area contributed by atoms with Gasteiger partial charge in [-0.1, -0.05) is 6.42 Å². The van der Waals surface area contributed by atoms with Gasteiger partial charge in [0.05, 0.1) is 7.11 Å². The smallest absolute Gasteiger partial charge is 0.118 e. The Balaban J connectivity index is 0.00000225. The number of ether oxygens (including phenoxy) is 1. The van der Waals surface area contributed by atoms with Gasteiger partial charge in [0.1, 0.15) is 5.75 Å². The average molecular weight is 363 g/mol. The van der Waals surface area contributed by atoms with Gasteiger partial charge in [-0.05, 0) is 94.2 Å². The fraction of sp³-hybridized carbons (Fsp3) is 0.524. The van der Waals surface area contributed by atoms with Crippen molar-refractivity contribution in [2.75, 3.05) is 27.7 Å². The molecule has 2 aromatic rings. The molecule has 0 saturated carbocycles. The third-order valence-corrected chi connectivity index (χ3v) is 5.03. The van der Waals surface area contributed by atoms with Gasteiger partial charge in [-0.15, -0.1) is 12.4 Å². The summed E-state index contributed by atoms with van der Waals surface area (Å²) in [6, 6.07) is 11.0. The van der Waals surface area contributed by atoms with Crippen molar-refractivity contribution < 1.29 is 4.74 Å². The zero-order chi connectivity index (χ0) is 16.9. The molecule has 1 aromatic heterocycles. The normalized spacial score (nSPS) is 13.9. The van der Waals surface area contributed by atoms with Crippen LogP contribution in [0.5, 0.6) is 5.75 Å². The topological polar surface area (TPSA) is 17.4 Å². The van der Waals surface area contributed by atoms with Crippen molar-refractivity contribution in [1.82, 2.24) is 9.47 Å². The molecule has 4 heteroatoms. The number of nitrogens with zero attached hydrogens (tertiary/aromatic N) is 2. The second-order valence-electron chi connectivity index (χ2n) is 7.10. The highest BCUT2D eigenvalue weighted by molar-refractivity contribution is 5.85. The number of methoxy groups -OCH3 is 1. The van der Waals surface area contributed by atoms with Gasteiger partial charge in [0.25, 0.3) is 0 Å². The number of aromatic nitrogens is 1. The van der Waals surface area contributed by atoms with Gasteiger partial charge in [0.15, 0.2) is 0 Å². The summed E-state index contributed by atoms with van der Waals surface area (Å²) in [6.45, 7) is 2.24. The van der Waals surface area contributed by atoms with E-state index in [0.29, 0.717) is 0 Å². The lowest BCUT2D eigenvalue weighted by Crippen LogP contribution is -2.16. The van der Waals surface area contributed by atoms with Crippen LogP contribution in [0.4, 0.5) is 0 Å². The number of fused-ring (bicyclic) bond motifs is 1. The summed E-state index contributed by atoms with van der Waals surface area (Å²) >= 11 is 0. The van der Waals surface area contributed by atoms with Gasteiger partial charge < -0.3 is 14.2 Å². The van der Waals surface area contributed by atoms with E-state index in [-0.39, 0.29) is 12.4 Å². The van der Waals surface area contributed by atoms with E-state index in [4.69, 9.17) is 4.74 Å². The van der Waals surface area contributed by atoms with Gasteiger partial charge in [-0.2, -0.15) is 0 Å². The minimum Gasteiger partial charge on any atom is -0.497 e. The van der Waals surface area contributed by atoms with Gasteiger partial charge in [-0.25, -0.2) is 0 Å². The highest BCUT2D eigenvalue weighted by Crippen LogP contribution is 2.31. The molecule has 25 heavy (non-hydrogen) atoms. The van der Waals surface area contributed by atoms with E-state index in [2.05, 4.69) is 53.9 Å². The van der Waals surface area contributed by atoms with Crippen molar-refractivity contribution in [1.29, 1.82) is 0 Å². The highest BCUT2D eigenvalue weighted by Gasteiger charge is 2.18. The third kappa shape index (κ3) is 4.80. The molecule has 0 atom stereocenters. The van der Waals surface area contributed by atoms with Crippen molar-refractivity contribution in [3.8, 4) is 17.0 Å². The molecule has 0 unspecified atom stereocenters. The molecule has 0 bridgehead atoms. The van der Waals surface area contributed by atoms with E-state index in [1.165, 1.54) is 49.8 Å². The number of benzene rings is 1. The zero-order valence-corrected chi connectivity index (χ0v) is 16.6. The van der Waals surface area contributed by atoms with Crippen molar-refractivity contribution in [2.24, 2.45) is 0 Å². The summed E-state index contributed by atoms with van der Waals surface area (Å²) in [6.07, 6.45) is 7.68. The second kappa shape index (κ2) is 9.30. The van der Waals surface area contributed by atoms with Crippen molar-refractivity contribution in [3.63, 3.8) is 0 Å². The Morgan fingerprint density at radius 3 is 2.44 bits per heavy atom. The van der Waals surface area contributed by atoms with Crippen LogP contribution in [-0.4, -0.2) is 37.2 Å². The molecule has 138 valence electrons. The lowest BCUT2D eigenvalue weighted by Gasteiger charge is -2.16. The van der Waals surface area contributed by atoms with Crippen LogP contribution in [0.3, 0.4) is 0 Å². The van der Waals surface area contributed by atoms with Crippen LogP contribution in [0.1, 0.15) is 36.9 Å². The van der Waals surface area contributed by atoms with Gasteiger partial charge in [-0.3, -0.25) is 0 Å². The maximum Gasteiger partial charge on any atom is 0.118 e. The van der Waals surface area contributed by atoms with Crippen LogP contribution in [0.2, 0.25) is 0 Å². The van der Waals surface area contributed by atoms with Gasteiger partial charge >= 0.3 is 0 Å². The van der Waals surface area contributed by atoms with Crippen LogP contribution in [-0.2, 0) is 19.4 Å². The Kier molecular flexibility index (Phi) is 7.39. The van der Waals surface area contributed by atoms with E-state index in [1.807, 2.05) is 0 Å². The molecule has 0 aliphatic heterocycles. The van der Waals surface area contributed by atoms with E-state index in [0.717, 1.165) is 18.8 Å². The summed E-state index contributed by atoms with van der Waals surface area (Å²) < 4.78 is 7.90. The van der Waals surface area contributed by atoms with Crippen LogP contribution < -0.4 is 4.74 Å². The molecule has 0 radical (unpaired) electrons. The van der Waals surface area contributed by atoms with Crippen LogP contribution in [0, 0.1) is 0 Å². The number of hydrogen-bond donors (Lipinski definition) is 0. The van der Waals surface area contributed by atoms with Crippen molar-refractivity contribution in [2.45, 2.75) is 45.1 Å². The standard InChI is InChI=1S/C21H30N2O.ClH/c1-22(2)14-7-15-23-20-9-6-4-5-8-18(20)16-21(23)17-10-12-19(24-3)13-11-17;/h10-13,16H,4-9,14-15H2,1-3H3;1H. The lowest BCUT2D eigenvalue weighted by molar-refractivity contribution is 0.385. The Morgan fingerprint density at radius 2 is 1.76 bits per heavy atom. The summed E-state index contributed by atoms with van der Waals surface area (Å²) in [5.41, 5.74) is 5.83. The number of halogens is 1. The molecular formula is C21H31ClN2O. The van der Waals surface area contributed by atoms with E-state index >= 15 is 0 Å².